The topological polar surface area (TPSA) is 128 Å². The number of rotatable bonds is 13. The Hall–Kier alpha value is -3.98. The lowest BCUT2D eigenvalue weighted by atomic mass is 9.81. The van der Waals surface area contributed by atoms with Crippen LogP contribution in [0.3, 0.4) is 0 Å². The number of amides is 2. The summed E-state index contributed by atoms with van der Waals surface area (Å²) in [6.07, 6.45) is 6.88. The van der Waals surface area contributed by atoms with Crippen LogP contribution in [0.4, 0.5) is 10.1 Å². The lowest BCUT2D eigenvalue weighted by Gasteiger charge is -2.35. The van der Waals surface area contributed by atoms with E-state index in [4.69, 9.17) is 4.98 Å². The van der Waals surface area contributed by atoms with Crippen LogP contribution in [0.2, 0.25) is 0 Å². The summed E-state index contributed by atoms with van der Waals surface area (Å²) in [6.45, 7) is 9.09. The number of para-hydroxylation sites is 1. The number of thiazole rings is 1. The van der Waals surface area contributed by atoms with E-state index in [0.29, 0.717) is 75.5 Å². The molecule has 294 valence electrons. The Kier molecular flexibility index (Phi) is 12.2. The molecule has 7 rings (SSSR count). The van der Waals surface area contributed by atoms with Crippen molar-refractivity contribution in [2.75, 3.05) is 57.8 Å². The van der Waals surface area contributed by atoms with Crippen LogP contribution in [0.1, 0.15) is 61.2 Å². The van der Waals surface area contributed by atoms with Crippen molar-refractivity contribution in [2.24, 2.45) is 11.3 Å². The third kappa shape index (κ3) is 9.70. The minimum atomic E-state index is -4.24. The number of nitrogens with zero attached hydrogens (tertiary/aromatic N) is 5. The summed E-state index contributed by atoms with van der Waals surface area (Å²) in [5.74, 6) is -0.0294. The number of likely N-dealkylation sites (tertiary alicyclic amines) is 1. The second kappa shape index (κ2) is 17.0. The number of carbonyl (C=O) groups excluding carboxylic acids is 2. The fourth-order valence-electron chi connectivity index (χ4n) is 8.08. The van der Waals surface area contributed by atoms with E-state index in [2.05, 4.69) is 33.8 Å². The zero-order valence-corrected chi connectivity index (χ0v) is 33.4. The lowest BCUT2D eigenvalue weighted by molar-refractivity contribution is -0.134. The largest absolute Gasteiger partial charge is 0.383 e. The van der Waals surface area contributed by atoms with Crippen LogP contribution >= 0.6 is 11.3 Å². The normalized spacial score (nSPS) is 18.5. The van der Waals surface area contributed by atoms with Gasteiger partial charge < -0.3 is 15.1 Å². The molecule has 0 radical (unpaired) electrons. The number of pyridine rings is 1. The van der Waals surface area contributed by atoms with E-state index in [0.717, 1.165) is 41.0 Å². The van der Waals surface area contributed by atoms with Crippen LogP contribution < -0.4 is 10.0 Å². The van der Waals surface area contributed by atoms with Crippen LogP contribution in [-0.2, 0) is 45.4 Å². The minimum Gasteiger partial charge on any atom is -0.383 e. The van der Waals surface area contributed by atoms with Crippen molar-refractivity contribution in [2.45, 2.75) is 76.3 Å². The Balaban J connectivity index is 1.10. The molecular weight excluding hydrogens is 738 g/mol. The summed E-state index contributed by atoms with van der Waals surface area (Å²) in [6, 6.07) is 14.4. The third-order valence-electron chi connectivity index (χ3n) is 11.2. The first-order valence-electron chi connectivity index (χ1n) is 19.5. The van der Waals surface area contributed by atoms with Gasteiger partial charge in [-0.25, -0.2) is 13.4 Å². The third-order valence-corrected chi connectivity index (χ3v) is 13.8. The van der Waals surface area contributed by atoms with Crippen LogP contribution in [-0.4, -0.2) is 103 Å². The molecule has 1 atom stereocenters. The molecule has 14 heteroatoms. The number of carbonyl (C=O) groups is 2. The molecule has 0 unspecified atom stereocenters. The number of aromatic nitrogens is 2. The first kappa shape index (κ1) is 39.3. The minimum absolute atomic E-state index is 0.0547. The molecule has 2 saturated heterocycles. The van der Waals surface area contributed by atoms with E-state index in [1.54, 1.807) is 23.4 Å². The summed E-state index contributed by atoms with van der Waals surface area (Å²) >= 11 is 1.45. The van der Waals surface area contributed by atoms with E-state index < -0.39 is 16.1 Å². The number of hydrogen-bond acceptors (Lipinski definition) is 9. The standard InChI is InChI=1S/C41H52FN7O4S2/c1-41(2)26-32-23-31(7-8-38(50)48-21-19-47(20-22-48)27-30-10-15-43-16-11-30)24-36(39(32)44-28-41)55(52,53)46-34(25-37-45-33-5-3-4-6-35(33)54-37)40(51)49-17-12-29(9-14-42)13-18-49/h3-6,10-11,15-16,23-24,29,34,44,46H,7-9,12-14,17-22,25-28H2,1-2H3/t34-/m0/s1. The Morgan fingerprint density at radius 3 is 2.47 bits per heavy atom. The van der Waals surface area contributed by atoms with E-state index in [-0.39, 0.29) is 47.6 Å². The smallest absolute Gasteiger partial charge is 0.243 e. The van der Waals surface area contributed by atoms with Crippen LogP contribution in [0.15, 0.2) is 65.8 Å². The van der Waals surface area contributed by atoms with Crippen LogP contribution in [0, 0.1) is 11.3 Å². The number of hydrogen-bond donors (Lipinski definition) is 2. The maximum Gasteiger partial charge on any atom is 0.243 e. The zero-order valence-electron chi connectivity index (χ0n) is 31.8. The number of halogens is 1. The molecule has 0 spiro atoms. The zero-order chi connectivity index (χ0) is 38.6. The molecule has 2 fully saturated rings. The van der Waals surface area contributed by atoms with Gasteiger partial charge >= 0.3 is 0 Å². The van der Waals surface area contributed by atoms with Gasteiger partial charge in [-0.1, -0.05) is 32.0 Å². The molecule has 2 amide bonds. The molecule has 2 aromatic carbocycles. The molecule has 3 aliphatic heterocycles. The Labute approximate surface area is 327 Å². The molecule has 0 saturated carbocycles. The second-order valence-electron chi connectivity index (χ2n) is 16.0. The highest BCUT2D eigenvalue weighted by atomic mass is 32.2. The van der Waals surface area contributed by atoms with E-state index in [1.807, 2.05) is 47.4 Å². The van der Waals surface area contributed by atoms with Gasteiger partial charge in [0, 0.05) is 77.6 Å². The number of benzene rings is 2. The number of alkyl halides is 1. The quantitative estimate of drug-likeness (QED) is 0.183. The SMILES string of the molecule is CC1(C)CNc2c(cc(CCC(=O)N3CCN(Cc4ccncc4)CC3)cc2S(=O)(=O)N[C@@H](Cc2nc3ccccc3s2)C(=O)N2CCC(CCF)CC2)C1. The van der Waals surface area contributed by atoms with Crippen molar-refractivity contribution in [1.29, 1.82) is 0 Å². The number of anilines is 1. The van der Waals surface area contributed by atoms with Crippen molar-refractivity contribution in [3.05, 3.63) is 82.6 Å². The Morgan fingerprint density at radius 1 is 1.00 bits per heavy atom. The summed E-state index contributed by atoms with van der Waals surface area (Å²) in [4.78, 5) is 42.6. The van der Waals surface area contributed by atoms with Gasteiger partial charge in [0.2, 0.25) is 21.8 Å². The molecule has 0 bridgehead atoms. The number of aryl methyl sites for hydroxylation is 1. The van der Waals surface area contributed by atoms with Gasteiger partial charge in [0.05, 0.1) is 27.6 Å². The highest BCUT2D eigenvalue weighted by Gasteiger charge is 2.36. The van der Waals surface area contributed by atoms with Crippen LogP contribution in [0.25, 0.3) is 10.2 Å². The molecular formula is C41H52FN7O4S2. The molecule has 3 aliphatic rings. The van der Waals surface area contributed by atoms with E-state index >= 15 is 0 Å². The van der Waals surface area contributed by atoms with Gasteiger partial charge in [-0.15, -0.1) is 11.3 Å². The van der Waals surface area contributed by atoms with E-state index in [9.17, 15) is 22.4 Å². The maximum absolute atomic E-state index is 14.6. The highest BCUT2D eigenvalue weighted by Crippen LogP contribution is 2.38. The van der Waals surface area contributed by atoms with Crippen molar-refractivity contribution >= 4 is 49.1 Å². The lowest BCUT2D eigenvalue weighted by Crippen LogP contribution is -2.51. The number of nitrogens with one attached hydrogen (secondary N) is 2. The summed E-state index contributed by atoms with van der Waals surface area (Å²) in [5, 5.41) is 4.07. The number of sulfonamides is 1. The van der Waals surface area contributed by atoms with Gasteiger partial charge in [0.1, 0.15) is 10.9 Å². The molecule has 5 heterocycles. The molecule has 11 nitrogen and oxygen atoms in total. The number of fused-ring (bicyclic) bond motifs is 2. The Morgan fingerprint density at radius 2 is 1.75 bits per heavy atom. The van der Waals surface area contributed by atoms with Crippen molar-refractivity contribution in [3.8, 4) is 0 Å². The maximum atomic E-state index is 14.6. The van der Waals surface area contributed by atoms with E-state index in [1.165, 1.54) is 16.9 Å². The van der Waals surface area contributed by atoms with Gasteiger partial charge in [0.25, 0.3) is 0 Å². The molecule has 2 aromatic heterocycles. The van der Waals surface area contributed by atoms with Crippen molar-refractivity contribution in [3.63, 3.8) is 0 Å². The Bertz CT molecular complexity index is 2050. The predicted molar refractivity (Wildman–Crippen MR) is 214 cm³/mol. The second-order valence-corrected chi connectivity index (χ2v) is 18.8. The summed E-state index contributed by atoms with van der Waals surface area (Å²) in [7, 11) is -4.24. The molecule has 55 heavy (non-hydrogen) atoms. The first-order valence-corrected chi connectivity index (χ1v) is 21.8. The fourth-order valence-corrected chi connectivity index (χ4v) is 10.6. The van der Waals surface area contributed by atoms with Crippen LogP contribution in [0.5, 0.6) is 0 Å². The number of piperidine rings is 1. The van der Waals surface area contributed by atoms with Crippen molar-refractivity contribution in [1.82, 2.24) is 29.4 Å². The monoisotopic (exact) mass is 789 g/mol. The first-order chi connectivity index (χ1) is 26.5. The predicted octanol–water partition coefficient (Wildman–Crippen LogP) is 5.45. The van der Waals surface area contributed by atoms with Gasteiger partial charge in [0.15, 0.2) is 0 Å². The molecule has 0 aliphatic carbocycles. The molecule has 2 N–H and O–H groups in total. The molecule has 4 aromatic rings. The number of piperazine rings is 1. The van der Waals surface area contributed by atoms with Gasteiger partial charge in [-0.2, -0.15) is 4.72 Å². The summed E-state index contributed by atoms with van der Waals surface area (Å²) in [5.41, 5.74) is 4.10. The van der Waals surface area contributed by atoms with Crippen molar-refractivity contribution < 1.29 is 22.4 Å². The average Bonchev–Trinajstić information content (AvgIpc) is 3.59. The van der Waals surface area contributed by atoms with Gasteiger partial charge in [-0.05, 0) is 90.5 Å². The average molecular weight is 790 g/mol. The van der Waals surface area contributed by atoms with Gasteiger partial charge in [-0.3, -0.25) is 23.9 Å². The fraction of sp³-hybridized carbons (Fsp3) is 0.512. The highest BCUT2D eigenvalue weighted by molar-refractivity contribution is 7.89. The summed E-state index contributed by atoms with van der Waals surface area (Å²) < 4.78 is 46.1.